The lowest BCUT2D eigenvalue weighted by Gasteiger charge is -2.10. The van der Waals surface area contributed by atoms with Gasteiger partial charge in [0.1, 0.15) is 9.50 Å². The molecule has 1 aromatic heterocycles. The molecule has 1 N–H and O–H groups in total. The third-order valence-corrected chi connectivity index (χ3v) is 5.33. The Kier molecular flexibility index (Phi) is 3.69. The van der Waals surface area contributed by atoms with Crippen LogP contribution < -0.4 is 4.72 Å². The number of benzene rings is 1. The molecule has 19 heavy (non-hydrogen) atoms. The van der Waals surface area contributed by atoms with Gasteiger partial charge in [-0.1, -0.05) is 12.1 Å². The predicted octanol–water partition coefficient (Wildman–Crippen LogP) is 2.60. The Balaban J connectivity index is 2.42. The van der Waals surface area contributed by atoms with Crippen molar-refractivity contribution in [2.75, 3.05) is 4.72 Å². The molecule has 1 heterocycles. The average Bonchev–Trinajstić information content (AvgIpc) is 2.65. The van der Waals surface area contributed by atoms with Crippen molar-refractivity contribution in [1.82, 2.24) is 9.78 Å². The van der Waals surface area contributed by atoms with Gasteiger partial charge in [0.25, 0.3) is 10.0 Å². The summed E-state index contributed by atoms with van der Waals surface area (Å²) < 4.78 is 29.1. The molecule has 2 aromatic rings. The minimum atomic E-state index is -3.64. The van der Waals surface area contributed by atoms with Crippen molar-refractivity contribution in [2.45, 2.75) is 18.7 Å². The van der Waals surface area contributed by atoms with E-state index in [9.17, 15) is 8.42 Å². The van der Waals surface area contributed by atoms with Crippen LogP contribution in [0.2, 0.25) is 0 Å². The van der Waals surface area contributed by atoms with Crippen molar-refractivity contribution >= 4 is 31.6 Å². The summed E-state index contributed by atoms with van der Waals surface area (Å²) in [4.78, 5) is 0.121. The predicted molar refractivity (Wildman–Crippen MR) is 77.6 cm³/mol. The van der Waals surface area contributed by atoms with Crippen LogP contribution in [0.5, 0.6) is 0 Å². The van der Waals surface area contributed by atoms with Crippen molar-refractivity contribution in [3.05, 3.63) is 40.1 Å². The fourth-order valence-electron chi connectivity index (χ4n) is 1.63. The summed E-state index contributed by atoms with van der Waals surface area (Å²) in [6.07, 6.45) is 1.32. The highest BCUT2D eigenvalue weighted by atomic mass is 79.9. The molecule has 0 saturated heterocycles. The number of hydrogen-bond acceptors (Lipinski definition) is 3. The number of sulfonamides is 1. The number of aryl methyl sites for hydroxylation is 3. The normalized spacial score (nSPS) is 11.6. The minimum absolute atomic E-state index is 0.121. The van der Waals surface area contributed by atoms with Crippen LogP contribution in [-0.2, 0) is 17.1 Å². The molecule has 0 atom stereocenters. The fraction of sp³-hybridized carbons (Fsp3) is 0.250. The highest BCUT2D eigenvalue weighted by molar-refractivity contribution is 9.10. The molecule has 0 saturated carbocycles. The zero-order valence-electron chi connectivity index (χ0n) is 10.8. The van der Waals surface area contributed by atoms with E-state index in [1.54, 1.807) is 13.1 Å². The van der Waals surface area contributed by atoms with Gasteiger partial charge in [-0.3, -0.25) is 9.40 Å². The van der Waals surface area contributed by atoms with Gasteiger partial charge in [0.05, 0.1) is 11.9 Å². The van der Waals surface area contributed by atoms with Gasteiger partial charge in [-0.2, -0.15) is 5.10 Å². The average molecular weight is 344 g/mol. The lowest BCUT2D eigenvalue weighted by molar-refractivity contribution is 0.600. The van der Waals surface area contributed by atoms with E-state index in [2.05, 4.69) is 25.8 Å². The molecule has 0 amide bonds. The quantitative estimate of drug-likeness (QED) is 0.931. The largest absolute Gasteiger partial charge is 0.279 e. The molecule has 102 valence electrons. The second-order valence-electron chi connectivity index (χ2n) is 4.35. The Morgan fingerprint density at radius 2 is 2.00 bits per heavy atom. The first-order valence-electron chi connectivity index (χ1n) is 5.59. The van der Waals surface area contributed by atoms with E-state index >= 15 is 0 Å². The SMILES string of the molecule is Cc1ccc(C)c(NS(=O)(=O)c2cnn(C)c2Br)c1. The zero-order chi connectivity index (χ0) is 14.2. The summed E-state index contributed by atoms with van der Waals surface area (Å²) in [6, 6.07) is 5.62. The monoisotopic (exact) mass is 343 g/mol. The van der Waals surface area contributed by atoms with Crippen LogP contribution in [0.1, 0.15) is 11.1 Å². The molecule has 0 fully saturated rings. The van der Waals surface area contributed by atoms with Gasteiger partial charge in [-0.05, 0) is 47.0 Å². The molecule has 0 aliphatic rings. The first-order valence-corrected chi connectivity index (χ1v) is 7.86. The van der Waals surface area contributed by atoms with Crippen LogP contribution in [0.4, 0.5) is 5.69 Å². The highest BCUT2D eigenvalue weighted by Crippen LogP contribution is 2.25. The molecule has 1 aromatic carbocycles. The third-order valence-electron chi connectivity index (χ3n) is 2.76. The Labute approximate surface area is 120 Å². The van der Waals surface area contributed by atoms with Crippen molar-refractivity contribution < 1.29 is 8.42 Å². The number of anilines is 1. The van der Waals surface area contributed by atoms with Crippen LogP contribution in [0.15, 0.2) is 33.9 Å². The van der Waals surface area contributed by atoms with E-state index in [0.717, 1.165) is 11.1 Å². The Morgan fingerprint density at radius 1 is 1.32 bits per heavy atom. The molecular formula is C12H14BrN3O2S. The second kappa shape index (κ2) is 4.97. The number of nitrogens with one attached hydrogen (secondary N) is 1. The molecule has 0 unspecified atom stereocenters. The van der Waals surface area contributed by atoms with Crippen LogP contribution in [0.25, 0.3) is 0 Å². The molecule has 0 aliphatic heterocycles. The summed E-state index contributed by atoms with van der Waals surface area (Å²) in [6.45, 7) is 3.77. The van der Waals surface area contributed by atoms with Gasteiger partial charge in [0.2, 0.25) is 0 Å². The first kappa shape index (κ1) is 14.1. The van der Waals surface area contributed by atoms with Gasteiger partial charge >= 0.3 is 0 Å². The van der Waals surface area contributed by atoms with Crippen molar-refractivity contribution in [3.8, 4) is 0 Å². The van der Waals surface area contributed by atoms with Gasteiger partial charge in [-0.15, -0.1) is 0 Å². The molecule has 0 aliphatic carbocycles. The maximum Gasteiger partial charge on any atom is 0.266 e. The maximum absolute atomic E-state index is 12.3. The van der Waals surface area contributed by atoms with Crippen LogP contribution in [0.3, 0.4) is 0 Å². The van der Waals surface area contributed by atoms with E-state index < -0.39 is 10.0 Å². The lowest BCUT2D eigenvalue weighted by Crippen LogP contribution is -2.14. The number of aromatic nitrogens is 2. The van der Waals surface area contributed by atoms with Crippen LogP contribution >= 0.6 is 15.9 Å². The van der Waals surface area contributed by atoms with Crippen molar-refractivity contribution in [3.63, 3.8) is 0 Å². The Bertz CT molecular complexity index is 723. The van der Waals surface area contributed by atoms with Gasteiger partial charge in [0.15, 0.2) is 0 Å². The van der Waals surface area contributed by atoms with Crippen LogP contribution in [-0.4, -0.2) is 18.2 Å². The van der Waals surface area contributed by atoms with E-state index in [0.29, 0.717) is 10.3 Å². The second-order valence-corrected chi connectivity index (χ2v) is 6.75. The Hall–Kier alpha value is -1.34. The molecule has 0 radical (unpaired) electrons. The van der Waals surface area contributed by atoms with Crippen molar-refractivity contribution in [1.29, 1.82) is 0 Å². The summed E-state index contributed by atoms with van der Waals surface area (Å²) in [5.41, 5.74) is 2.44. The number of halogens is 1. The lowest BCUT2D eigenvalue weighted by atomic mass is 10.1. The molecule has 0 bridgehead atoms. The summed E-state index contributed by atoms with van der Waals surface area (Å²) in [5, 5.41) is 3.91. The topological polar surface area (TPSA) is 64.0 Å². The zero-order valence-corrected chi connectivity index (χ0v) is 13.2. The number of nitrogens with zero attached hydrogens (tertiary/aromatic N) is 2. The van der Waals surface area contributed by atoms with Crippen molar-refractivity contribution in [2.24, 2.45) is 7.05 Å². The van der Waals surface area contributed by atoms with E-state index in [1.807, 2.05) is 26.0 Å². The smallest absolute Gasteiger partial charge is 0.266 e. The van der Waals surface area contributed by atoms with E-state index in [4.69, 9.17) is 0 Å². The van der Waals surface area contributed by atoms with Crippen LogP contribution in [0, 0.1) is 13.8 Å². The molecule has 5 nitrogen and oxygen atoms in total. The highest BCUT2D eigenvalue weighted by Gasteiger charge is 2.21. The third kappa shape index (κ3) is 2.82. The number of hydrogen-bond donors (Lipinski definition) is 1. The van der Waals surface area contributed by atoms with E-state index in [-0.39, 0.29) is 4.90 Å². The van der Waals surface area contributed by atoms with Gasteiger partial charge in [-0.25, -0.2) is 8.42 Å². The van der Waals surface area contributed by atoms with Gasteiger partial charge < -0.3 is 0 Å². The first-order chi connectivity index (χ1) is 8.81. The summed E-state index contributed by atoms with van der Waals surface area (Å²) in [5.74, 6) is 0. The molecular weight excluding hydrogens is 330 g/mol. The number of rotatable bonds is 3. The minimum Gasteiger partial charge on any atom is -0.279 e. The fourth-order valence-corrected chi connectivity index (χ4v) is 3.62. The molecule has 7 heteroatoms. The van der Waals surface area contributed by atoms with Gasteiger partial charge in [0, 0.05) is 7.05 Å². The molecule has 0 spiro atoms. The molecule has 2 rings (SSSR count). The van der Waals surface area contributed by atoms with E-state index in [1.165, 1.54) is 10.9 Å². The summed E-state index contributed by atoms with van der Waals surface area (Å²) >= 11 is 3.21. The summed E-state index contributed by atoms with van der Waals surface area (Å²) in [7, 11) is -1.97. The maximum atomic E-state index is 12.3. The Morgan fingerprint density at radius 3 is 2.58 bits per heavy atom. The standard InChI is InChI=1S/C12H14BrN3O2S/c1-8-4-5-9(2)10(6-8)15-19(17,18)11-7-14-16(3)12(11)13/h4-7,15H,1-3H3.